The summed E-state index contributed by atoms with van der Waals surface area (Å²) >= 11 is 0. The summed E-state index contributed by atoms with van der Waals surface area (Å²) in [6.45, 7) is 6.02. The van der Waals surface area contributed by atoms with E-state index in [2.05, 4.69) is 13.8 Å². The second-order valence-electron chi connectivity index (χ2n) is 7.37. The molecule has 2 aromatic carbocycles. The van der Waals surface area contributed by atoms with Crippen molar-refractivity contribution in [2.24, 2.45) is 0 Å². The van der Waals surface area contributed by atoms with Gasteiger partial charge in [0.15, 0.2) is 0 Å². The molecule has 0 radical (unpaired) electrons. The van der Waals surface area contributed by atoms with Gasteiger partial charge in [-0.25, -0.2) is 9.59 Å². The van der Waals surface area contributed by atoms with Gasteiger partial charge in [0.25, 0.3) is 0 Å². The second-order valence-corrected chi connectivity index (χ2v) is 7.37. The molecule has 31 heavy (non-hydrogen) atoms. The molecule has 0 amide bonds. The molecule has 2 rings (SSSR count). The molecule has 0 atom stereocenters. The Morgan fingerprint density at radius 3 is 1.39 bits per heavy atom. The molecule has 0 unspecified atom stereocenters. The summed E-state index contributed by atoms with van der Waals surface area (Å²) < 4.78 is 0. The van der Waals surface area contributed by atoms with Crippen LogP contribution in [-0.4, -0.2) is 18.2 Å². The molecule has 0 heterocycles. The minimum absolute atomic E-state index is 0.312. The van der Waals surface area contributed by atoms with Crippen molar-refractivity contribution in [3.8, 4) is 0 Å². The van der Waals surface area contributed by atoms with Crippen molar-refractivity contribution in [1.29, 1.82) is 0 Å². The second kappa shape index (κ2) is 13.6. The Hall–Kier alpha value is -2.70. The lowest BCUT2D eigenvalue weighted by Crippen LogP contribution is -2.21. The van der Waals surface area contributed by atoms with Gasteiger partial charge in [-0.05, 0) is 61.1 Å². The third kappa shape index (κ3) is 8.52. The van der Waals surface area contributed by atoms with Gasteiger partial charge in [0.1, 0.15) is 0 Å². The number of hydrogen-bond acceptors (Lipinski definition) is 6. The van der Waals surface area contributed by atoms with E-state index in [-0.39, 0.29) is 0 Å². The maximum absolute atomic E-state index is 12.1. The predicted octanol–water partition coefficient (Wildman–Crippen LogP) is 5.98. The standard InChI is InChI=1S/C25H32O6/c1-4-7-9-19-11-15-21(16-12-19)24(26)30-28-23(6-3)29-31-25(27)22-17-13-20(14-18-22)10-8-5-2/h11-18,23H,4-10H2,1-3H3. The molecule has 0 N–H and O–H groups in total. The molecule has 6 nitrogen and oxygen atoms in total. The lowest BCUT2D eigenvalue weighted by Gasteiger charge is -2.13. The van der Waals surface area contributed by atoms with E-state index in [0.29, 0.717) is 17.5 Å². The average molecular weight is 429 g/mol. The number of hydrogen-bond donors (Lipinski definition) is 0. The molecule has 0 aliphatic carbocycles. The summed E-state index contributed by atoms with van der Waals surface area (Å²) in [4.78, 5) is 44.0. The first-order valence-electron chi connectivity index (χ1n) is 11.0. The van der Waals surface area contributed by atoms with E-state index in [1.165, 1.54) is 11.1 Å². The fourth-order valence-corrected chi connectivity index (χ4v) is 2.82. The maximum Gasteiger partial charge on any atom is 0.373 e. The zero-order valence-corrected chi connectivity index (χ0v) is 18.6. The Kier molecular flexibility index (Phi) is 10.8. The average Bonchev–Trinajstić information content (AvgIpc) is 2.81. The number of carbonyl (C=O) groups is 2. The normalized spacial score (nSPS) is 10.8. The molecular weight excluding hydrogens is 396 g/mol. The van der Waals surface area contributed by atoms with Gasteiger partial charge in [0.2, 0.25) is 6.29 Å². The maximum atomic E-state index is 12.1. The summed E-state index contributed by atoms with van der Waals surface area (Å²) in [6, 6.07) is 14.4. The number of benzene rings is 2. The summed E-state index contributed by atoms with van der Waals surface area (Å²) in [5.74, 6) is -1.28. The Bertz CT molecular complexity index is 730. The molecule has 0 aromatic heterocycles. The molecule has 6 heteroatoms. The largest absolute Gasteiger partial charge is 0.373 e. The summed E-state index contributed by atoms with van der Waals surface area (Å²) in [6.07, 6.45) is 5.67. The highest BCUT2D eigenvalue weighted by Gasteiger charge is 2.18. The fraction of sp³-hybridized carbons (Fsp3) is 0.440. The molecule has 0 spiro atoms. The van der Waals surface area contributed by atoms with Gasteiger partial charge >= 0.3 is 11.9 Å². The van der Waals surface area contributed by atoms with E-state index in [9.17, 15) is 9.59 Å². The van der Waals surface area contributed by atoms with Crippen molar-refractivity contribution < 1.29 is 29.1 Å². The summed E-state index contributed by atoms with van der Waals surface area (Å²) in [5, 5.41) is 0. The van der Waals surface area contributed by atoms with Gasteiger partial charge in [0.05, 0.1) is 11.1 Å². The van der Waals surface area contributed by atoms with E-state index in [1.807, 2.05) is 24.3 Å². The van der Waals surface area contributed by atoms with E-state index in [1.54, 1.807) is 31.2 Å². The van der Waals surface area contributed by atoms with Gasteiger partial charge in [-0.1, -0.05) is 57.9 Å². The van der Waals surface area contributed by atoms with Gasteiger partial charge < -0.3 is 0 Å². The van der Waals surface area contributed by atoms with Crippen LogP contribution < -0.4 is 0 Å². The van der Waals surface area contributed by atoms with Crippen molar-refractivity contribution in [2.45, 2.75) is 72.0 Å². The molecular formula is C25H32O6. The number of rotatable bonds is 13. The van der Waals surface area contributed by atoms with Crippen molar-refractivity contribution in [2.75, 3.05) is 0 Å². The Morgan fingerprint density at radius 2 is 1.06 bits per heavy atom. The van der Waals surface area contributed by atoms with Crippen LogP contribution in [0.1, 0.15) is 84.7 Å². The molecule has 168 valence electrons. The van der Waals surface area contributed by atoms with E-state index in [0.717, 1.165) is 38.5 Å². The first-order valence-corrected chi connectivity index (χ1v) is 11.0. The van der Waals surface area contributed by atoms with E-state index in [4.69, 9.17) is 19.6 Å². The molecule has 2 aromatic rings. The van der Waals surface area contributed by atoms with E-state index < -0.39 is 18.2 Å². The third-order valence-corrected chi connectivity index (χ3v) is 4.81. The smallest absolute Gasteiger partial charge is 0.290 e. The summed E-state index contributed by atoms with van der Waals surface area (Å²) in [7, 11) is 0. The van der Waals surface area contributed by atoms with Crippen LogP contribution in [-0.2, 0) is 32.4 Å². The van der Waals surface area contributed by atoms with Crippen molar-refractivity contribution in [3.05, 3.63) is 70.8 Å². The minimum atomic E-state index is -1.03. The van der Waals surface area contributed by atoms with Gasteiger partial charge in [-0.2, -0.15) is 0 Å². The Balaban J connectivity index is 1.78. The molecule has 0 saturated carbocycles. The third-order valence-electron chi connectivity index (χ3n) is 4.81. The Morgan fingerprint density at radius 1 is 0.677 bits per heavy atom. The summed E-state index contributed by atoms with van der Waals surface area (Å²) in [5.41, 5.74) is 3.07. The number of aryl methyl sites for hydroxylation is 2. The van der Waals surface area contributed by atoms with Crippen molar-refractivity contribution >= 4 is 11.9 Å². The van der Waals surface area contributed by atoms with Crippen molar-refractivity contribution in [1.82, 2.24) is 0 Å². The van der Waals surface area contributed by atoms with Crippen LogP contribution in [0, 0.1) is 0 Å². The number of unbranched alkanes of at least 4 members (excludes halogenated alkanes) is 2. The highest BCUT2D eigenvalue weighted by Crippen LogP contribution is 2.13. The minimum Gasteiger partial charge on any atom is -0.290 e. The van der Waals surface area contributed by atoms with Crippen LogP contribution in [0.3, 0.4) is 0 Å². The first kappa shape index (κ1) is 24.6. The van der Waals surface area contributed by atoms with Gasteiger partial charge in [-0.15, -0.1) is 9.78 Å². The molecule has 0 aliphatic heterocycles. The Labute approximate surface area is 184 Å². The van der Waals surface area contributed by atoms with Gasteiger partial charge in [-0.3, -0.25) is 9.78 Å². The topological polar surface area (TPSA) is 71.1 Å². The first-order chi connectivity index (χ1) is 15.1. The molecule has 0 aliphatic rings. The fourth-order valence-electron chi connectivity index (χ4n) is 2.82. The quantitative estimate of drug-likeness (QED) is 0.222. The lowest BCUT2D eigenvalue weighted by molar-refractivity contribution is -0.420. The van der Waals surface area contributed by atoms with Crippen LogP contribution in [0.15, 0.2) is 48.5 Å². The number of carbonyl (C=O) groups excluding carboxylic acids is 2. The molecule has 0 bridgehead atoms. The zero-order valence-electron chi connectivity index (χ0n) is 18.6. The van der Waals surface area contributed by atoms with Crippen molar-refractivity contribution in [3.63, 3.8) is 0 Å². The SMILES string of the molecule is CCCCc1ccc(C(=O)OOC(CC)OOC(=O)c2ccc(CCCC)cc2)cc1. The van der Waals surface area contributed by atoms with E-state index >= 15 is 0 Å². The van der Waals surface area contributed by atoms with Crippen LogP contribution in [0.25, 0.3) is 0 Å². The van der Waals surface area contributed by atoms with Crippen LogP contribution in [0.4, 0.5) is 0 Å². The van der Waals surface area contributed by atoms with Gasteiger partial charge in [0, 0.05) is 6.42 Å². The zero-order chi connectivity index (χ0) is 22.5. The molecule has 0 fully saturated rings. The van der Waals surface area contributed by atoms with Crippen LogP contribution in [0.2, 0.25) is 0 Å². The highest BCUT2D eigenvalue weighted by atomic mass is 17.3. The predicted molar refractivity (Wildman–Crippen MR) is 117 cm³/mol. The monoisotopic (exact) mass is 428 g/mol. The van der Waals surface area contributed by atoms with Crippen LogP contribution in [0.5, 0.6) is 0 Å². The lowest BCUT2D eigenvalue weighted by atomic mass is 10.1. The highest BCUT2D eigenvalue weighted by molar-refractivity contribution is 5.89. The van der Waals surface area contributed by atoms with Crippen LogP contribution >= 0.6 is 0 Å². The molecule has 0 saturated heterocycles.